The maximum Gasteiger partial charge on any atom is 0.335 e. The number of aromatic nitrogens is 2. The van der Waals surface area contributed by atoms with Crippen LogP contribution < -0.4 is 0 Å². The number of imidazole rings is 1. The van der Waals surface area contributed by atoms with Crippen LogP contribution in [-0.4, -0.2) is 20.5 Å². The fraction of sp³-hybridized carbons (Fsp3) is 0.333. The Kier molecular flexibility index (Phi) is 1.80. The zero-order valence-corrected chi connectivity index (χ0v) is 8.97. The smallest absolute Gasteiger partial charge is 0.335 e. The van der Waals surface area contributed by atoms with Gasteiger partial charge in [-0.3, -0.25) is 0 Å². The van der Waals surface area contributed by atoms with Crippen molar-refractivity contribution in [1.29, 1.82) is 0 Å². The highest BCUT2D eigenvalue weighted by atomic mass is 16.4. The van der Waals surface area contributed by atoms with E-state index in [1.54, 1.807) is 12.1 Å². The minimum atomic E-state index is -0.893. The third-order valence-electron chi connectivity index (χ3n) is 3.04. The summed E-state index contributed by atoms with van der Waals surface area (Å²) >= 11 is 0. The summed E-state index contributed by atoms with van der Waals surface area (Å²) in [4.78, 5) is 15.4. The number of carboxylic acid groups (broad SMARTS) is 1. The summed E-state index contributed by atoms with van der Waals surface area (Å²) in [6, 6.07) is 3.32. The molecule has 0 saturated heterocycles. The Hall–Kier alpha value is -1.84. The molecule has 4 heteroatoms. The molecular formula is C12H12N2O2. The third-order valence-corrected chi connectivity index (χ3v) is 3.04. The van der Waals surface area contributed by atoms with Crippen LogP contribution in [-0.2, 0) is 0 Å². The van der Waals surface area contributed by atoms with Gasteiger partial charge in [-0.15, -0.1) is 0 Å². The topological polar surface area (TPSA) is 54.6 Å². The average molecular weight is 216 g/mol. The molecule has 0 spiro atoms. The number of carbonyl (C=O) groups is 1. The molecule has 1 N–H and O–H groups in total. The molecule has 2 aromatic rings. The van der Waals surface area contributed by atoms with Gasteiger partial charge >= 0.3 is 5.97 Å². The molecule has 4 nitrogen and oxygen atoms in total. The molecule has 0 bridgehead atoms. The van der Waals surface area contributed by atoms with Crippen LogP contribution in [0, 0.1) is 6.92 Å². The lowest BCUT2D eigenvalue weighted by Crippen LogP contribution is -1.98. The summed E-state index contributed by atoms with van der Waals surface area (Å²) < 4.78 is 2.01. The van der Waals surface area contributed by atoms with Crippen LogP contribution in [0.25, 0.3) is 5.52 Å². The van der Waals surface area contributed by atoms with Gasteiger partial charge in [-0.05, 0) is 31.9 Å². The van der Waals surface area contributed by atoms with E-state index >= 15 is 0 Å². The minimum Gasteiger partial charge on any atom is -0.478 e. The first-order valence-corrected chi connectivity index (χ1v) is 5.38. The minimum absolute atomic E-state index is 0.317. The number of hydrogen-bond acceptors (Lipinski definition) is 2. The molecule has 0 amide bonds. The van der Waals surface area contributed by atoms with E-state index in [0.29, 0.717) is 11.5 Å². The maximum absolute atomic E-state index is 10.9. The van der Waals surface area contributed by atoms with Crippen LogP contribution in [0.3, 0.4) is 0 Å². The Morgan fingerprint density at radius 3 is 2.94 bits per heavy atom. The van der Waals surface area contributed by atoms with Crippen LogP contribution in [0.1, 0.15) is 40.6 Å². The molecule has 82 valence electrons. The Bertz CT molecular complexity index is 582. The first-order chi connectivity index (χ1) is 7.66. The fourth-order valence-electron chi connectivity index (χ4n) is 2.02. The van der Waals surface area contributed by atoms with Gasteiger partial charge in [-0.2, -0.15) is 0 Å². The van der Waals surface area contributed by atoms with Crippen molar-refractivity contribution in [2.45, 2.75) is 25.7 Å². The van der Waals surface area contributed by atoms with E-state index in [1.807, 2.05) is 17.5 Å². The van der Waals surface area contributed by atoms with Gasteiger partial charge < -0.3 is 9.51 Å². The number of rotatable bonds is 2. The first kappa shape index (κ1) is 9.39. The number of nitrogens with zero attached hydrogens (tertiary/aromatic N) is 2. The monoisotopic (exact) mass is 216 g/mol. The van der Waals surface area contributed by atoms with Crippen molar-refractivity contribution in [3.63, 3.8) is 0 Å². The number of pyridine rings is 1. The van der Waals surface area contributed by atoms with Crippen LogP contribution >= 0.6 is 0 Å². The second-order valence-electron chi connectivity index (χ2n) is 4.31. The summed E-state index contributed by atoms with van der Waals surface area (Å²) in [7, 11) is 0. The van der Waals surface area contributed by atoms with Crippen molar-refractivity contribution in [3.8, 4) is 0 Å². The normalized spacial score (nSPS) is 15.6. The average Bonchev–Trinajstić information content (AvgIpc) is 3.04. The van der Waals surface area contributed by atoms with E-state index in [1.165, 1.54) is 12.8 Å². The van der Waals surface area contributed by atoms with E-state index in [9.17, 15) is 4.79 Å². The summed E-state index contributed by atoms with van der Waals surface area (Å²) in [5, 5.41) is 8.93. The van der Waals surface area contributed by atoms with Gasteiger partial charge in [0.25, 0.3) is 0 Å². The van der Waals surface area contributed by atoms with Crippen molar-refractivity contribution in [3.05, 3.63) is 35.4 Å². The molecule has 1 fully saturated rings. The van der Waals surface area contributed by atoms with Crippen molar-refractivity contribution in [1.82, 2.24) is 9.38 Å². The van der Waals surface area contributed by atoms with Crippen molar-refractivity contribution in [2.24, 2.45) is 0 Å². The summed E-state index contributed by atoms with van der Waals surface area (Å²) in [5.41, 5.74) is 2.13. The van der Waals surface area contributed by atoms with E-state index in [0.717, 1.165) is 17.0 Å². The number of aryl methyl sites for hydroxylation is 1. The van der Waals surface area contributed by atoms with Gasteiger partial charge in [0.15, 0.2) is 0 Å². The number of hydrogen-bond donors (Lipinski definition) is 1. The van der Waals surface area contributed by atoms with Crippen molar-refractivity contribution in [2.75, 3.05) is 0 Å². The molecule has 2 heterocycles. The van der Waals surface area contributed by atoms with E-state index in [-0.39, 0.29) is 0 Å². The molecule has 2 aromatic heterocycles. The van der Waals surface area contributed by atoms with Gasteiger partial charge in [-0.25, -0.2) is 9.78 Å². The van der Waals surface area contributed by atoms with Crippen LogP contribution in [0.2, 0.25) is 0 Å². The van der Waals surface area contributed by atoms with Crippen molar-refractivity contribution >= 4 is 11.5 Å². The lowest BCUT2D eigenvalue weighted by Gasteiger charge is -2.00. The molecule has 1 saturated carbocycles. The van der Waals surface area contributed by atoms with Crippen LogP contribution in [0.15, 0.2) is 18.3 Å². The zero-order valence-electron chi connectivity index (χ0n) is 8.97. The highest BCUT2D eigenvalue weighted by molar-refractivity contribution is 5.89. The van der Waals surface area contributed by atoms with Crippen molar-refractivity contribution < 1.29 is 9.90 Å². The number of carboxylic acids is 1. The standard InChI is InChI=1S/C12H12N2O2/c1-7-10-6-9(12(15)16)4-5-14(10)11(13-7)8-2-3-8/h4-6,8H,2-3H2,1H3,(H,15,16). The Morgan fingerprint density at radius 2 is 2.31 bits per heavy atom. The highest BCUT2D eigenvalue weighted by Crippen LogP contribution is 2.39. The molecule has 1 aliphatic carbocycles. The quantitative estimate of drug-likeness (QED) is 0.837. The molecule has 16 heavy (non-hydrogen) atoms. The molecular weight excluding hydrogens is 204 g/mol. The Balaban J connectivity index is 2.24. The molecule has 0 aromatic carbocycles. The van der Waals surface area contributed by atoms with Gasteiger partial charge in [0.2, 0.25) is 0 Å². The number of fused-ring (bicyclic) bond motifs is 1. The lowest BCUT2D eigenvalue weighted by molar-refractivity contribution is 0.0697. The van der Waals surface area contributed by atoms with Gasteiger partial charge in [0.1, 0.15) is 5.82 Å². The van der Waals surface area contributed by atoms with E-state index in [2.05, 4.69) is 4.98 Å². The molecule has 0 atom stereocenters. The van der Waals surface area contributed by atoms with Crippen LogP contribution in [0.4, 0.5) is 0 Å². The Labute approximate surface area is 92.5 Å². The van der Waals surface area contributed by atoms with Gasteiger partial charge in [0, 0.05) is 12.1 Å². The molecule has 0 unspecified atom stereocenters. The SMILES string of the molecule is Cc1nc(C2CC2)n2ccc(C(=O)O)cc12. The first-order valence-electron chi connectivity index (χ1n) is 5.38. The van der Waals surface area contributed by atoms with Gasteiger partial charge in [0.05, 0.1) is 16.8 Å². The second kappa shape index (κ2) is 3.07. The summed E-state index contributed by atoms with van der Waals surface area (Å²) in [6.07, 6.45) is 4.20. The zero-order chi connectivity index (χ0) is 11.3. The van der Waals surface area contributed by atoms with E-state index in [4.69, 9.17) is 5.11 Å². The third kappa shape index (κ3) is 1.30. The molecule has 0 aliphatic heterocycles. The summed E-state index contributed by atoms with van der Waals surface area (Å²) in [5.74, 6) is 0.748. The predicted molar refractivity (Wildman–Crippen MR) is 58.9 cm³/mol. The fourth-order valence-corrected chi connectivity index (χ4v) is 2.02. The van der Waals surface area contributed by atoms with Gasteiger partial charge in [-0.1, -0.05) is 0 Å². The summed E-state index contributed by atoms with van der Waals surface area (Å²) in [6.45, 7) is 1.92. The second-order valence-corrected chi connectivity index (χ2v) is 4.31. The van der Waals surface area contributed by atoms with Crippen LogP contribution in [0.5, 0.6) is 0 Å². The Morgan fingerprint density at radius 1 is 1.56 bits per heavy atom. The molecule has 1 aliphatic rings. The highest BCUT2D eigenvalue weighted by Gasteiger charge is 2.28. The molecule has 0 radical (unpaired) electrons. The van der Waals surface area contributed by atoms with E-state index < -0.39 is 5.97 Å². The predicted octanol–water partition coefficient (Wildman–Crippen LogP) is 2.22. The largest absolute Gasteiger partial charge is 0.478 e. The molecule has 3 rings (SSSR count). The lowest BCUT2D eigenvalue weighted by atomic mass is 10.2. The number of aromatic carboxylic acids is 1. The maximum atomic E-state index is 10.9.